The van der Waals surface area contributed by atoms with Crippen molar-refractivity contribution in [2.24, 2.45) is 0 Å². The van der Waals surface area contributed by atoms with Crippen molar-refractivity contribution in [1.82, 2.24) is 14.7 Å². The normalized spacial score (nSPS) is 24.8. The molecule has 2 amide bonds. The molecule has 2 saturated heterocycles. The third kappa shape index (κ3) is 3.37. The SMILES string of the molecule is CCCCC(=O)N1CC2(C1)CN(C)C(C(=O)N(C)C)CO2. The van der Waals surface area contributed by atoms with E-state index in [0.29, 0.717) is 32.7 Å². The number of amides is 2. The molecule has 2 heterocycles. The van der Waals surface area contributed by atoms with Gasteiger partial charge in [0, 0.05) is 27.1 Å². The number of ether oxygens (including phenoxy) is 1. The molecule has 6 heteroatoms. The largest absolute Gasteiger partial charge is 0.368 e. The van der Waals surface area contributed by atoms with Crippen LogP contribution in [0.3, 0.4) is 0 Å². The highest BCUT2D eigenvalue weighted by molar-refractivity contribution is 5.81. The zero-order chi connectivity index (χ0) is 15.6. The van der Waals surface area contributed by atoms with Crippen molar-refractivity contribution >= 4 is 11.8 Å². The van der Waals surface area contributed by atoms with Crippen LogP contribution >= 0.6 is 0 Å². The third-order valence-corrected chi connectivity index (χ3v) is 4.40. The summed E-state index contributed by atoms with van der Waals surface area (Å²) in [5.74, 6) is 0.294. The molecule has 0 aromatic heterocycles. The molecule has 6 nitrogen and oxygen atoms in total. The number of carbonyl (C=O) groups is 2. The fourth-order valence-electron chi connectivity index (χ4n) is 3.05. The van der Waals surface area contributed by atoms with E-state index in [0.717, 1.165) is 12.8 Å². The lowest BCUT2D eigenvalue weighted by Gasteiger charge is -2.55. The molecule has 2 aliphatic rings. The van der Waals surface area contributed by atoms with E-state index in [4.69, 9.17) is 4.74 Å². The Balaban J connectivity index is 1.84. The molecule has 0 saturated carbocycles. The number of hydrogen-bond acceptors (Lipinski definition) is 4. The van der Waals surface area contributed by atoms with Crippen molar-refractivity contribution in [2.45, 2.75) is 37.8 Å². The maximum atomic E-state index is 12.1. The van der Waals surface area contributed by atoms with Gasteiger partial charge in [0.05, 0.1) is 19.7 Å². The lowest BCUT2D eigenvalue weighted by Crippen LogP contribution is -2.73. The number of unbranched alkanes of at least 4 members (excludes halogenated alkanes) is 1. The predicted octanol–water partition coefficient (Wildman–Crippen LogP) is 0.176. The number of rotatable bonds is 4. The molecule has 1 atom stereocenters. The number of morpholine rings is 1. The maximum Gasteiger partial charge on any atom is 0.241 e. The quantitative estimate of drug-likeness (QED) is 0.743. The molecule has 2 fully saturated rings. The zero-order valence-electron chi connectivity index (χ0n) is 13.6. The summed E-state index contributed by atoms with van der Waals surface area (Å²) in [6.45, 7) is 4.51. The summed E-state index contributed by atoms with van der Waals surface area (Å²) in [4.78, 5) is 29.5. The number of carbonyl (C=O) groups excluding carboxylic acids is 2. The van der Waals surface area contributed by atoms with Gasteiger partial charge >= 0.3 is 0 Å². The molecule has 2 aliphatic heterocycles. The van der Waals surface area contributed by atoms with E-state index in [2.05, 4.69) is 11.8 Å². The highest BCUT2D eigenvalue weighted by Crippen LogP contribution is 2.31. The molecule has 0 N–H and O–H groups in total. The van der Waals surface area contributed by atoms with Crippen LogP contribution in [-0.2, 0) is 14.3 Å². The second-order valence-corrected chi connectivity index (χ2v) is 6.51. The van der Waals surface area contributed by atoms with Crippen LogP contribution < -0.4 is 0 Å². The van der Waals surface area contributed by atoms with Crippen molar-refractivity contribution in [3.63, 3.8) is 0 Å². The molecule has 21 heavy (non-hydrogen) atoms. The Morgan fingerprint density at radius 3 is 2.48 bits per heavy atom. The van der Waals surface area contributed by atoms with Gasteiger partial charge in [0.25, 0.3) is 0 Å². The molecule has 0 bridgehead atoms. The van der Waals surface area contributed by atoms with Crippen molar-refractivity contribution in [2.75, 3.05) is 47.4 Å². The standard InChI is InChI=1S/C15H27N3O3/c1-5-6-7-13(19)18-10-15(11-18)9-17(4)12(8-21-15)14(20)16(2)3/h12H,5-11H2,1-4H3. The topological polar surface area (TPSA) is 53.1 Å². The Bertz CT molecular complexity index is 405. The van der Waals surface area contributed by atoms with Crippen LogP contribution in [0.2, 0.25) is 0 Å². The fourth-order valence-corrected chi connectivity index (χ4v) is 3.05. The minimum Gasteiger partial charge on any atom is -0.368 e. The lowest BCUT2D eigenvalue weighted by atomic mass is 9.90. The van der Waals surface area contributed by atoms with Crippen molar-refractivity contribution in [3.05, 3.63) is 0 Å². The Kier molecular flexibility index (Phi) is 4.88. The Morgan fingerprint density at radius 1 is 1.29 bits per heavy atom. The molecule has 0 aromatic rings. The van der Waals surface area contributed by atoms with Crippen LogP contribution in [0.5, 0.6) is 0 Å². The third-order valence-electron chi connectivity index (χ3n) is 4.40. The molecule has 0 radical (unpaired) electrons. The van der Waals surface area contributed by atoms with E-state index in [1.165, 1.54) is 0 Å². The molecule has 2 rings (SSSR count). The highest BCUT2D eigenvalue weighted by Gasteiger charge is 2.51. The number of hydrogen-bond donors (Lipinski definition) is 0. The first-order valence-electron chi connectivity index (χ1n) is 7.72. The van der Waals surface area contributed by atoms with Crippen LogP contribution in [0.4, 0.5) is 0 Å². The zero-order valence-corrected chi connectivity index (χ0v) is 13.6. The van der Waals surface area contributed by atoms with Gasteiger partial charge in [0.1, 0.15) is 11.6 Å². The van der Waals surface area contributed by atoms with Gasteiger partial charge in [-0.25, -0.2) is 0 Å². The minimum absolute atomic E-state index is 0.0718. The predicted molar refractivity (Wildman–Crippen MR) is 79.9 cm³/mol. The monoisotopic (exact) mass is 297 g/mol. The van der Waals surface area contributed by atoms with E-state index in [1.54, 1.807) is 19.0 Å². The molecule has 120 valence electrons. The van der Waals surface area contributed by atoms with Gasteiger partial charge in [-0.05, 0) is 13.5 Å². The summed E-state index contributed by atoms with van der Waals surface area (Å²) in [7, 11) is 5.48. The van der Waals surface area contributed by atoms with Gasteiger partial charge in [-0.3, -0.25) is 14.5 Å². The summed E-state index contributed by atoms with van der Waals surface area (Å²) in [6, 6.07) is -0.213. The Hall–Kier alpha value is -1.14. The van der Waals surface area contributed by atoms with Gasteiger partial charge < -0.3 is 14.5 Å². The highest BCUT2D eigenvalue weighted by atomic mass is 16.5. The smallest absolute Gasteiger partial charge is 0.241 e. The van der Waals surface area contributed by atoms with Crippen LogP contribution in [0.15, 0.2) is 0 Å². The van der Waals surface area contributed by atoms with Crippen LogP contribution in [0, 0.1) is 0 Å². The molecule has 1 spiro atoms. The van der Waals surface area contributed by atoms with E-state index in [1.807, 2.05) is 11.9 Å². The lowest BCUT2D eigenvalue weighted by molar-refractivity contribution is -0.202. The number of likely N-dealkylation sites (tertiary alicyclic amines) is 1. The molecule has 1 unspecified atom stereocenters. The van der Waals surface area contributed by atoms with E-state index in [-0.39, 0.29) is 23.5 Å². The van der Waals surface area contributed by atoms with Gasteiger partial charge in [-0.15, -0.1) is 0 Å². The van der Waals surface area contributed by atoms with Crippen molar-refractivity contribution in [3.8, 4) is 0 Å². The summed E-state index contributed by atoms with van der Waals surface area (Å²) in [6.07, 6.45) is 2.62. The molecular formula is C15H27N3O3. The van der Waals surface area contributed by atoms with Crippen LogP contribution in [-0.4, -0.2) is 85.5 Å². The summed E-state index contributed by atoms with van der Waals surface area (Å²) < 4.78 is 5.96. The summed E-state index contributed by atoms with van der Waals surface area (Å²) in [5, 5.41) is 0. The minimum atomic E-state index is -0.264. The number of nitrogens with zero attached hydrogens (tertiary/aromatic N) is 3. The Labute approximate surface area is 127 Å². The first-order valence-corrected chi connectivity index (χ1v) is 7.72. The van der Waals surface area contributed by atoms with Crippen molar-refractivity contribution in [1.29, 1.82) is 0 Å². The second-order valence-electron chi connectivity index (χ2n) is 6.51. The van der Waals surface area contributed by atoms with Gasteiger partial charge in [0.2, 0.25) is 11.8 Å². The summed E-state index contributed by atoms with van der Waals surface area (Å²) >= 11 is 0. The average molecular weight is 297 g/mol. The summed E-state index contributed by atoms with van der Waals surface area (Å²) in [5.41, 5.74) is -0.264. The van der Waals surface area contributed by atoms with Crippen LogP contribution in [0.1, 0.15) is 26.2 Å². The van der Waals surface area contributed by atoms with E-state index >= 15 is 0 Å². The molecular weight excluding hydrogens is 270 g/mol. The van der Waals surface area contributed by atoms with Crippen molar-refractivity contribution < 1.29 is 14.3 Å². The Morgan fingerprint density at radius 2 is 1.95 bits per heavy atom. The maximum absolute atomic E-state index is 12.1. The van der Waals surface area contributed by atoms with Gasteiger partial charge in [-0.1, -0.05) is 13.3 Å². The average Bonchev–Trinajstić information content (AvgIpc) is 2.41. The van der Waals surface area contributed by atoms with E-state index in [9.17, 15) is 9.59 Å². The van der Waals surface area contributed by atoms with Gasteiger partial charge in [-0.2, -0.15) is 0 Å². The second kappa shape index (κ2) is 6.32. The van der Waals surface area contributed by atoms with Crippen LogP contribution in [0.25, 0.3) is 0 Å². The molecule has 0 aromatic carbocycles. The molecule has 0 aliphatic carbocycles. The van der Waals surface area contributed by atoms with Gasteiger partial charge in [0.15, 0.2) is 0 Å². The number of likely N-dealkylation sites (N-methyl/N-ethyl adjacent to an activating group) is 2. The van der Waals surface area contributed by atoms with E-state index < -0.39 is 0 Å². The first kappa shape index (κ1) is 16.2. The first-order chi connectivity index (χ1) is 9.88. The fraction of sp³-hybridized carbons (Fsp3) is 0.867.